The molecule has 7 rings (SSSR count). The van der Waals surface area contributed by atoms with Gasteiger partial charge in [0.1, 0.15) is 5.82 Å². The smallest absolute Gasteiger partial charge is 0.261 e. The fourth-order valence-corrected chi connectivity index (χ4v) is 14.2. The van der Waals surface area contributed by atoms with Gasteiger partial charge in [-0.25, -0.2) is 4.98 Å². The summed E-state index contributed by atoms with van der Waals surface area (Å²) in [7, 11) is -2.62. The van der Waals surface area contributed by atoms with Crippen molar-refractivity contribution in [2.24, 2.45) is 5.41 Å². The summed E-state index contributed by atoms with van der Waals surface area (Å²) in [6, 6.07) is 27.5. The Bertz CT molecular complexity index is 1510. The Hall–Kier alpha value is -3.00. The highest BCUT2D eigenvalue weighted by atomic mass is 28.4. The van der Waals surface area contributed by atoms with Gasteiger partial charge in [-0.05, 0) is 99.3 Å². The zero-order chi connectivity index (χ0) is 32.8. The number of aromatic nitrogens is 1. The number of nitrogens with zero attached hydrogens (tertiary/aromatic N) is 4. The highest BCUT2D eigenvalue weighted by Crippen LogP contribution is 2.48. The number of anilines is 2. The first-order chi connectivity index (χ1) is 22.6. The summed E-state index contributed by atoms with van der Waals surface area (Å²) in [4.78, 5) is 26.5. The second-order valence-corrected chi connectivity index (χ2v) is 20.1. The number of hydrogen-bond acceptors (Lipinski definition) is 5. The maximum absolute atomic E-state index is 14.2. The minimum absolute atomic E-state index is 0.0515. The number of aryl methyl sites for hydroxylation is 1. The predicted molar refractivity (Wildman–Crippen MR) is 195 cm³/mol. The van der Waals surface area contributed by atoms with E-state index in [1.807, 2.05) is 4.90 Å². The second-order valence-electron chi connectivity index (χ2n) is 15.9. The van der Waals surface area contributed by atoms with Gasteiger partial charge in [0, 0.05) is 37.8 Å². The van der Waals surface area contributed by atoms with Crippen LogP contribution in [0.25, 0.3) is 0 Å². The topological polar surface area (TPSA) is 48.9 Å². The van der Waals surface area contributed by atoms with Gasteiger partial charge < -0.3 is 14.2 Å². The third-order valence-electron chi connectivity index (χ3n) is 12.1. The maximum Gasteiger partial charge on any atom is 0.261 e. The molecule has 4 fully saturated rings. The van der Waals surface area contributed by atoms with E-state index < -0.39 is 8.32 Å². The number of carbonyl (C=O) groups excluding carboxylic acids is 1. The molecule has 4 heterocycles. The Balaban J connectivity index is 1.04. The highest BCUT2D eigenvalue weighted by molar-refractivity contribution is 6.99. The molecule has 2 atom stereocenters. The fourth-order valence-electron chi connectivity index (χ4n) is 9.44. The van der Waals surface area contributed by atoms with E-state index >= 15 is 0 Å². The Labute approximate surface area is 283 Å². The zero-order valence-corrected chi connectivity index (χ0v) is 30.3. The first-order valence-electron chi connectivity index (χ1n) is 18.2. The number of rotatable bonds is 7. The lowest BCUT2D eigenvalue weighted by Gasteiger charge is -2.47. The van der Waals surface area contributed by atoms with Crippen molar-refractivity contribution in [2.45, 2.75) is 109 Å². The van der Waals surface area contributed by atoms with Crippen LogP contribution in [-0.4, -0.2) is 68.5 Å². The Morgan fingerprint density at radius 3 is 2.06 bits per heavy atom. The number of benzene rings is 2. The van der Waals surface area contributed by atoms with E-state index in [2.05, 4.69) is 117 Å². The molecule has 3 aliphatic heterocycles. The number of pyridine rings is 1. The first kappa shape index (κ1) is 32.5. The van der Waals surface area contributed by atoms with Crippen molar-refractivity contribution in [1.29, 1.82) is 0 Å². The van der Waals surface area contributed by atoms with Crippen molar-refractivity contribution in [1.82, 2.24) is 9.88 Å². The van der Waals surface area contributed by atoms with Crippen molar-refractivity contribution in [2.75, 3.05) is 36.0 Å². The summed E-state index contributed by atoms with van der Waals surface area (Å²) in [6.45, 7) is 15.6. The third kappa shape index (κ3) is 5.87. The van der Waals surface area contributed by atoms with Crippen LogP contribution in [0.15, 0.2) is 72.8 Å². The van der Waals surface area contributed by atoms with Gasteiger partial charge in [0.05, 0.1) is 16.8 Å². The summed E-state index contributed by atoms with van der Waals surface area (Å²) in [5.74, 6) is 1.35. The van der Waals surface area contributed by atoms with Gasteiger partial charge in [-0.1, -0.05) is 81.4 Å². The van der Waals surface area contributed by atoms with Crippen molar-refractivity contribution >= 4 is 36.1 Å². The van der Waals surface area contributed by atoms with Crippen LogP contribution in [0.3, 0.4) is 0 Å². The summed E-state index contributed by atoms with van der Waals surface area (Å²) >= 11 is 0. The molecular formula is C40H54N4O2Si. The van der Waals surface area contributed by atoms with Gasteiger partial charge in [-0.15, -0.1) is 0 Å². The average molecular weight is 651 g/mol. The Kier molecular flexibility index (Phi) is 8.86. The van der Waals surface area contributed by atoms with Crippen LogP contribution in [0, 0.1) is 12.3 Å². The minimum Gasteiger partial charge on any atom is -0.404 e. The molecule has 1 amide bonds. The third-order valence-corrected chi connectivity index (χ3v) is 17.1. The van der Waals surface area contributed by atoms with E-state index in [-0.39, 0.29) is 16.6 Å². The monoisotopic (exact) mass is 650 g/mol. The maximum atomic E-state index is 14.2. The minimum atomic E-state index is -2.62. The molecule has 3 aromatic rings. The Morgan fingerprint density at radius 2 is 1.49 bits per heavy atom. The number of hydrogen-bond donors (Lipinski definition) is 0. The van der Waals surface area contributed by atoms with E-state index in [1.54, 1.807) is 0 Å². The molecule has 1 saturated carbocycles. The normalized spacial score (nSPS) is 27.3. The quantitative estimate of drug-likeness (QED) is 0.267. The van der Waals surface area contributed by atoms with E-state index in [1.165, 1.54) is 36.2 Å². The molecule has 6 nitrogen and oxygen atoms in total. The molecule has 0 radical (unpaired) electrons. The van der Waals surface area contributed by atoms with Gasteiger partial charge >= 0.3 is 0 Å². The highest BCUT2D eigenvalue weighted by Gasteiger charge is 2.54. The van der Waals surface area contributed by atoms with Crippen LogP contribution in [0.2, 0.25) is 5.04 Å². The number of amides is 1. The van der Waals surface area contributed by atoms with Crippen LogP contribution < -0.4 is 20.2 Å². The Morgan fingerprint density at radius 1 is 0.830 bits per heavy atom. The molecule has 47 heavy (non-hydrogen) atoms. The van der Waals surface area contributed by atoms with Crippen molar-refractivity contribution in [3.05, 3.63) is 78.5 Å². The molecular weight excluding hydrogens is 597 g/mol. The van der Waals surface area contributed by atoms with E-state index in [4.69, 9.17) is 9.41 Å². The van der Waals surface area contributed by atoms with E-state index in [0.717, 1.165) is 68.9 Å². The molecule has 250 valence electrons. The van der Waals surface area contributed by atoms with Crippen molar-refractivity contribution in [3.8, 4) is 0 Å². The lowest BCUT2D eigenvalue weighted by atomic mass is 9.72. The van der Waals surface area contributed by atoms with Crippen LogP contribution in [0.5, 0.6) is 0 Å². The zero-order valence-electron chi connectivity index (χ0n) is 29.3. The first-order valence-corrected chi connectivity index (χ1v) is 20.1. The summed E-state index contributed by atoms with van der Waals surface area (Å²) in [5.41, 5.74) is 1.67. The van der Waals surface area contributed by atoms with Crippen molar-refractivity contribution in [3.63, 3.8) is 0 Å². The summed E-state index contributed by atoms with van der Waals surface area (Å²) < 4.78 is 7.49. The summed E-state index contributed by atoms with van der Waals surface area (Å²) in [6.07, 6.45) is 8.54. The van der Waals surface area contributed by atoms with Gasteiger partial charge in [0.2, 0.25) is 5.91 Å². The SMILES string of the molecule is Cc1nc(N2CC[C@@H](N3CCC[C@@H]3C)C2)ccc1N1CCC2(CCC(O[Si](c3ccccc3)(c3ccccc3)C(C)(C)C)CC2)C1=O. The molecule has 4 aliphatic rings. The lowest BCUT2D eigenvalue weighted by Crippen LogP contribution is -2.68. The van der Waals surface area contributed by atoms with Crippen molar-refractivity contribution < 1.29 is 9.22 Å². The molecule has 1 aromatic heterocycles. The number of carbonyl (C=O) groups is 1. The fraction of sp³-hybridized carbons (Fsp3) is 0.550. The van der Waals surface area contributed by atoms with E-state index in [9.17, 15) is 4.79 Å². The van der Waals surface area contributed by atoms with Gasteiger partial charge in [0.15, 0.2) is 0 Å². The largest absolute Gasteiger partial charge is 0.404 e. The van der Waals surface area contributed by atoms with Gasteiger partial charge in [0.25, 0.3) is 8.32 Å². The second kappa shape index (κ2) is 12.8. The molecule has 7 heteroatoms. The van der Waals surface area contributed by atoms with Gasteiger partial charge in [-0.2, -0.15) is 0 Å². The molecule has 3 saturated heterocycles. The van der Waals surface area contributed by atoms with Crippen LogP contribution >= 0.6 is 0 Å². The van der Waals surface area contributed by atoms with Crippen LogP contribution in [0.1, 0.15) is 84.8 Å². The van der Waals surface area contributed by atoms with Gasteiger partial charge in [-0.3, -0.25) is 9.69 Å². The molecule has 0 unspecified atom stereocenters. The summed E-state index contributed by atoms with van der Waals surface area (Å²) in [5, 5.41) is 2.59. The molecule has 2 aromatic carbocycles. The average Bonchev–Trinajstić information content (AvgIpc) is 3.81. The van der Waals surface area contributed by atoms with E-state index in [0.29, 0.717) is 18.0 Å². The molecule has 0 N–H and O–H groups in total. The number of likely N-dealkylation sites (tertiary alicyclic amines) is 1. The molecule has 1 aliphatic carbocycles. The standard InChI is InChI=1S/C40H54N4O2Si/c1-30-13-12-26-43(30)32-22-27-42(29-32)37-19-18-36(31(2)41-37)44-28-25-40(38(44)45)23-20-33(21-24-40)46-47(39(3,4)5,34-14-8-6-9-15-34)35-16-10-7-11-17-35/h6-11,14-19,30,32-33H,12-13,20-29H2,1-5H3/t30-,32+,33?,40?/m0/s1. The molecule has 1 spiro atoms. The van der Waals surface area contributed by atoms with Crippen LogP contribution in [-0.2, 0) is 9.22 Å². The lowest BCUT2D eigenvalue weighted by molar-refractivity contribution is -0.128. The molecule has 0 bridgehead atoms. The predicted octanol–water partition coefficient (Wildman–Crippen LogP) is 6.70. The van der Waals surface area contributed by atoms with Crippen LogP contribution in [0.4, 0.5) is 11.5 Å².